The maximum absolute atomic E-state index is 12.6. The van der Waals surface area contributed by atoms with Gasteiger partial charge >= 0.3 is 0 Å². The molecule has 0 bridgehead atoms. The summed E-state index contributed by atoms with van der Waals surface area (Å²) in [5, 5.41) is 5.71. The number of nitrogens with one attached hydrogen (secondary N) is 2. The van der Waals surface area contributed by atoms with Crippen LogP contribution in [-0.4, -0.2) is 26.3 Å². The summed E-state index contributed by atoms with van der Waals surface area (Å²) in [6.07, 6.45) is 7.13. The van der Waals surface area contributed by atoms with E-state index in [4.69, 9.17) is 4.74 Å². The van der Waals surface area contributed by atoms with Gasteiger partial charge in [0.1, 0.15) is 5.75 Å². The smallest absolute Gasteiger partial charge is 0.251 e. The van der Waals surface area contributed by atoms with Crippen molar-refractivity contribution in [1.82, 2.24) is 19.9 Å². The minimum atomic E-state index is -0.241. The molecule has 0 unspecified atom stereocenters. The number of ether oxygens (including phenoxy) is 1. The first-order chi connectivity index (χ1) is 17.0. The van der Waals surface area contributed by atoms with E-state index < -0.39 is 0 Å². The van der Waals surface area contributed by atoms with Gasteiger partial charge in [-0.25, -0.2) is 9.97 Å². The molecular formula is C27H27N5O3. The predicted octanol–water partition coefficient (Wildman–Crippen LogP) is 4.65. The lowest BCUT2D eigenvalue weighted by atomic mass is 10.1. The van der Waals surface area contributed by atoms with Crippen molar-refractivity contribution < 1.29 is 14.3 Å². The van der Waals surface area contributed by atoms with Crippen molar-refractivity contribution in [1.29, 1.82) is 0 Å². The molecule has 2 N–H and O–H groups in total. The van der Waals surface area contributed by atoms with E-state index in [1.54, 1.807) is 55.2 Å². The van der Waals surface area contributed by atoms with Crippen LogP contribution < -0.4 is 15.4 Å². The van der Waals surface area contributed by atoms with Crippen LogP contribution in [0.25, 0.3) is 0 Å². The molecular weight excluding hydrogens is 442 g/mol. The Labute approximate surface area is 204 Å². The van der Waals surface area contributed by atoms with E-state index in [0.29, 0.717) is 36.6 Å². The Morgan fingerprint density at radius 3 is 2.71 bits per heavy atom. The number of nitrogens with zero attached hydrogens (tertiary/aromatic N) is 3. The van der Waals surface area contributed by atoms with Crippen molar-refractivity contribution in [3.63, 3.8) is 0 Å². The fraction of sp³-hybridized carbons (Fsp3) is 0.185. The zero-order valence-corrected chi connectivity index (χ0v) is 19.7. The van der Waals surface area contributed by atoms with Crippen molar-refractivity contribution in [2.75, 3.05) is 5.32 Å². The number of benzene rings is 2. The lowest BCUT2D eigenvalue weighted by Gasteiger charge is -2.10. The molecule has 4 rings (SSSR count). The molecule has 0 saturated heterocycles. The second-order valence-corrected chi connectivity index (χ2v) is 8.24. The number of carbonyl (C=O) groups excluding carboxylic acids is 2. The molecule has 0 fully saturated rings. The summed E-state index contributed by atoms with van der Waals surface area (Å²) in [5.74, 6) is 0.887. The number of pyridine rings is 1. The van der Waals surface area contributed by atoms with E-state index in [1.165, 1.54) is 0 Å². The van der Waals surface area contributed by atoms with E-state index in [0.717, 1.165) is 22.4 Å². The first-order valence-electron chi connectivity index (χ1n) is 11.3. The summed E-state index contributed by atoms with van der Waals surface area (Å²) < 4.78 is 7.72. The molecule has 0 aliphatic rings. The summed E-state index contributed by atoms with van der Waals surface area (Å²) in [5.41, 5.74) is 4.02. The van der Waals surface area contributed by atoms with Gasteiger partial charge in [-0.05, 0) is 54.8 Å². The average Bonchev–Trinajstić information content (AvgIpc) is 3.38. The molecule has 8 heteroatoms. The predicted molar refractivity (Wildman–Crippen MR) is 133 cm³/mol. The first-order valence-corrected chi connectivity index (χ1v) is 11.3. The zero-order valence-electron chi connectivity index (χ0n) is 19.7. The van der Waals surface area contributed by atoms with E-state index in [1.807, 2.05) is 42.7 Å². The van der Waals surface area contributed by atoms with E-state index in [9.17, 15) is 9.59 Å². The Hall–Kier alpha value is -4.46. The van der Waals surface area contributed by atoms with Crippen molar-refractivity contribution in [3.05, 3.63) is 102 Å². The summed E-state index contributed by atoms with van der Waals surface area (Å²) in [4.78, 5) is 33.2. The second-order valence-electron chi connectivity index (χ2n) is 8.24. The topological polar surface area (TPSA) is 98.1 Å². The van der Waals surface area contributed by atoms with E-state index >= 15 is 0 Å². The Kier molecular flexibility index (Phi) is 7.52. The standard InChI is InChI=1S/C27H27N5O3/c1-19-6-7-20(2)24(14-19)35-26-9-8-21(16-29-26)17-30-27(34)22-4-3-5-23(15-22)31-25(33)10-12-32-13-11-28-18-32/h3-9,11,13-16,18H,10,12,17H2,1-2H3,(H,30,34)(H,31,33). The molecule has 35 heavy (non-hydrogen) atoms. The van der Waals surface area contributed by atoms with Crippen molar-refractivity contribution in [3.8, 4) is 11.6 Å². The third-order valence-corrected chi connectivity index (χ3v) is 5.37. The van der Waals surface area contributed by atoms with Gasteiger partial charge in [0.25, 0.3) is 5.91 Å². The van der Waals surface area contributed by atoms with Gasteiger partial charge < -0.3 is 19.9 Å². The minimum absolute atomic E-state index is 0.134. The van der Waals surface area contributed by atoms with Gasteiger partial charge in [0.2, 0.25) is 11.8 Å². The van der Waals surface area contributed by atoms with E-state index in [2.05, 4.69) is 20.6 Å². The van der Waals surface area contributed by atoms with Gasteiger partial charge in [0, 0.05) is 55.4 Å². The molecule has 0 radical (unpaired) electrons. The third kappa shape index (κ3) is 6.77. The number of hydrogen-bond acceptors (Lipinski definition) is 5. The van der Waals surface area contributed by atoms with Crippen LogP contribution in [0.3, 0.4) is 0 Å². The highest BCUT2D eigenvalue weighted by molar-refractivity contribution is 5.97. The monoisotopic (exact) mass is 469 g/mol. The number of carbonyl (C=O) groups is 2. The maximum atomic E-state index is 12.6. The maximum Gasteiger partial charge on any atom is 0.251 e. The molecule has 0 aliphatic heterocycles. The van der Waals surface area contributed by atoms with Gasteiger partial charge in [0.05, 0.1) is 6.33 Å². The number of amides is 2. The average molecular weight is 470 g/mol. The fourth-order valence-corrected chi connectivity index (χ4v) is 3.40. The first kappa shape index (κ1) is 23.7. The number of hydrogen-bond donors (Lipinski definition) is 2. The van der Waals surface area contributed by atoms with Crippen LogP contribution in [0.15, 0.2) is 79.5 Å². The number of aromatic nitrogens is 3. The van der Waals surface area contributed by atoms with Crippen LogP contribution in [0.2, 0.25) is 0 Å². The number of imidazole rings is 1. The lowest BCUT2D eigenvalue weighted by Crippen LogP contribution is -2.23. The van der Waals surface area contributed by atoms with Crippen molar-refractivity contribution >= 4 is 17.5 Å². The van der Waals surface area contributed by atoms with Crippen LogP contribution >= 0.6 is 0 Å². The molecule has 2 amide bonds. The Morgan fingerprint density at radius 1 is 1.06 bits per heavy atom. The summed E-state index contributed by atoms with van der Waals surface area (Å²) in [6.45, 7) is 4.85. The molecule has 0 atom stereocenters. The SMILES string of the molecule is Cc1ccc(C)c(Oc2ccc(CNC(=O)c3cccc(NC(=O)CCn4ccnc4)c3)cn2)c1. The molecule has 8 nitrogen and oxygen atoms in total. The van der Waals surface area contributed by atoms with Crippen LogP contribution in [0.4, 0.5) is 5.69 Å². The van der Waals surface area contributed by atoms with Gasteiger partial charge in [-0.2, -0.15) is 0 Å². The highest BCUT2D eigenvalue weighted by atomic mass is 16.5. The fourth-order valence-electron chi connectivity index (χ4n) is 3.40. The lowest BCUT2D eigenvalue weighted by molar-refractivity contribution is -0.116. The second kappa shape index (κ2) is 11.1. The van der Waals surface area contributed by atoms with Crippen LogP contribution in [-0.2, 0) is 17.9 Å². The summed E-state index contributed by atoms with van der Waals surface area (Å²) >= 11 is 0. The molecule has 0 saturated carbocycles. The normalized spacial score (nSPS) is 10.6. The highest BCUT2D eigenvalue weighted by Crippen LogP contribution is 2.24. The Morgan fingerprint density at radius 2 is 1.94 bits per heavy atom. The molecule has 0 aliphatic carbocycles. The van der Waals surface area contributed by atoms with Crippen LogP contribution in [0.5, 0.6) is 11.6 Å². The molecule has 0 spiro atoms. The number of rotatable bonds is 9. The quantitative estimate of drug-likeness (QED) is 0.372. The number of aryl methyl sites for hydroxylation is 3. The van der Waals surface area contributed by atoms with E-state index in [-0.39, 0.29) is 11.8 Å². The minimum Gasteiger partial charge on any atom is -0.439 e. The van der Waals surface area contributed by atoms with Gasteiger partial charge in [-0.3, -0.25) is 9.59 Å². The molecule has 2 aromatic carbocycles. The summed E-state index contributed by atoms with van der Waals surface area (Å²) in [6, 6.07) is 16.5. The zero-order chi connectivity index (χ0) is 24.6. The van der Waals surface area contributed by atoms with Gasteiger partial charge in [-0.15, -0.1) is 0 Å². The Balaban J connectivity index is 1.28. The molecule has 2 aromatic heterocycles. The van der Waals surface area contributed by atoms with Gasteiger partial charge in [0.15, 0.2) is 0 Å². The largest absolute Gasteiger partial charge is 0.439 e. The molecule has 178 valence electrons. The van der Waals surface area contributed by atoms with Crippen LogP contribution in [0, 0.1) is 13.8 Å². The van der Waals surface area contributed by atoms with Crippen molar-refractivity contribution in [2.45, 2.75) is 33.4 Å². The Bertz CT molecular complexity index is 1300. The third-order valence-electron chi connectivity index (χ3n) is 5.37. The van der Waals surface area contributed by atoms with Crippen molar-refractivity contribution in [2.24, 2.45) is 0 Å². The van der Waals surface area contributed by atoms with Crippen LogP contribution in [0.1, 0.15) is 33.5 Å². The highest BCUT2D eigenvalue weighted by Gasteiger charge is 2.09. The summed E-state index contributed by atoms with van der Waals surface area (Å²) in [7, 11) is 0. The molecule has 4 aromatic rings. The molecule has 2 heterocycles. The van der Waals surface area contributed by atoms with Gasteiger partial charge in [-0.1, -0.05) is 24.3 Å². The number of anilines is 1.